The van der Waals surface area contributed by atoms with E-state index < -0.39 is 5.97 Å². The normalized spacial score (nSPS) is 11.1. The van der Waals surface area contributed by atoms with Crippen LogP contribution in [-0.2, 0) is 16.1 Å². The Morgan fingerprint density at radius 3 is 2.92 bits per heavy atom. The zero-order valence-corrected chi connectivity index (χ0v) is 14.4. The number of methoxy groups -OCH3 is 1. The summed E-state index contributed by atoms with van der Waals surface area (Å²) in [4.78, 5) is 16.3. The van der Waals surface area contributed by atoms with Gasteiger partial charge in [0.15, 0.2) is 0 Å². The van der Waals surface area contributed by atoms with Crippen molar-refractivity contribution in [3.8, 4) is 5.75 Å². The van der Waals surface area contributed by atoms with Crippen LogP contribution in [-0.4, -0.2) is 18.1 Å². The third-order valence-electron chi connectivity index (χ3n) is 3.28. The number of fused-ring (bicyclic) bond motifs is 1. The van der Waals surface area contributed by atoms with Crippen molar-refractivity contribution >= 4 is 45.2 Å². The lowest BCUT2D eigenvalue weighted by molar-refractivity contribution is -0.138. The van der Waals surface area contributed by atoms with Gasteiger partial charge in [-0.15, -0.1) is 11.3 Å². The third kappa shape index (κ3) is 3.93. The van der Waals surface area contributed by atoms with E-state index in [1.807, 2.05) is 24.3 Å². The van der Waals surface area contributed by atoms with Crippen molar-refractivity contribution in [2.75, 3.05) is 7.11 Å². The number of carbonyl (C=O) groups is 1. The first-order valence-electron chi connectivity index (χ1n) is 7.18. The number of esters is 1. The number of nitrogens with zero attached hydrogens (tertiary/aromatic N) is 1. The average molecular weight is 360 g/mol. The summed E-state index contributed by atoms with van der Waals surface area (Å²) in [7, 11) is 1.56. The number of hydrogen-bond acceptors (Lipinski definition) is 5. The summed E-state index contributed by atoms with van der Waals surface area (Å²) < 4.78 is 11.5. The third-order valence-corrected chi connectivity index (χ3v) is 4.52. The van der Waals surface area contributed by atoms with Crippen molar-refractivity contribution in [3.05, 3.63) is 64.1 Å². The van der Waals surface area contributed by atoms with E-state index in [4.69, 9.17) is 21.1 Å². The number of rotatable bonds is 5. The Hall–Kier alpha value is -2.37. The average Bonchev–Trinajstić information content (AvgIpc) is 3.01. The number of benzene rings is 2. The number of ether oxygens (including phenoxy) is 2. The molecule has 0 aliphatic rings. The van der Waals surface area contributed by atoms with Crippen molar-refractivity contribution in [3.63, 3.8) is 0 Å². The minimum Gasteiger partial charge on any atom is -0.496 e. The number of thiazole rings is 1. The smallest absolute Gasteiger partial charge is 0.331 e. The van der Waals surface area contributed by atoms with Crippen LogP contribution in [0.4, 0.5) is 0 Å². The summed E-state index contributed by atoms with van der Waals surface area (Å²) >= 11 is 7.47. The molecule has 3 aromatic rings. The lowest BCUT2D eigenvalue weighted by Crippen LogP contribution is -2.02. The van der Waals surface area contributed by atoms with E-state index in [1.165, 1.54) is 17.4 Å². The molecule has 24 heavy (non-hydrogen) atoms. The summed E-state index contributed by atoms with van der Waals surface area (Å²) in [6, 6.07) is 13.0. The molecule has 0 spiro atoms. The standard InChI is InChI=1S/C18H14ClNO3S/c1-22-15-7-6-13(19)10-12(15)11-23-18(21)9-8-17-20-14-4-2-3-5-16(14)24-17/h2-10H,11H2,1H3/b9-8+. The van der Waals surface area contributed by atoms with Crippen LogP contribution in [0.3, 0.4) is 0 Å². The predicted octanol–water partition coefficient (Wildman–Crippen LogP) is 4.71. The van der Waals surface area contributed by atoms with Crippen LogP contribution >= 0.6 is 22.9 Å². The first-order valence-corrected chi connectivity index (χ1v) is 8.38. The van der Waals surface area contributed by atoms with E-state index in [2.05, 4.69) is 4.98 Å². The maximum Gasteiger partial charge on any atom is 0.331 e. The Labute approximate surface area is 148 Å². The first kappa shape index (κ1) is 16.5. The molecule has 0 fully saturated rings. The van der Waals surface area contributed by atoms with Gasteiger partial charge in [-0.2, -0.15) is 0 Å². The highest BCUT2D eigenvalue weighted by Crippen LogP contribution is 2.24. The van der Waals surface area contributed by atoms with E-state index in [0.29, 0.717) is 16.3 Å². The van der Waals surface area contributed by atoms with Gasteiger partial charge in [-0.3, -0.25) is 0 Å². The highest BCUT2D eigenvalue weighted by atomic mass is 35.5. The Bertz CT molecular complexity index is 871. The summed E-state index contributed by atoms with van der Waals surface area (Å²) in [5.41, 5.74) is 1.63. The van der Waals surface area contributed by atoms with Gasteiger partial charge in [0.1, 0.15) is 17.4 Å². The zero-order valence-electron chi connectivity index (χ0n) is 12.9. The molecule has 0 atom stereocenters. The fraction of sp³-hybridized carbons (Fsp3) is 0.111. The lowest BCUT2D eigenvalue weighted by Gasteiger charge is -2.08. The quantitative estimate of drug-likeness (QED) is 0.488. The molecular formula is C18H14ClNO3S. The Morgan fingerprint density at radius 1 is 1.29 bits per heavy atom. The SMILES string of the molecule is COc1ccc(Cl)cc1COC(=O)/C=C/c1nc2ccccc2s1. The van der Waals surface area contributed by atoms with Crippen LogP contribution in [0.25, 0.3) is 16.3 Å². The molecule has 0 bridgehead atoms. The van der Waals surface area contributed by atoms with Crippen LogP contribution in [0.1, 0.15) is 10.6 Å². The molecule has 0 saturated carbocycles. The summed E-state index contributed by atoms with van der Waals surface area (Å²) in [6.07, 6.45) is 3.02. The fourth-order valence-electron chi connectivity index (χ4n) is 2.16. The number of carbonyl (C=O) groups excluding carboxylic acids is 1. The van der Waals surface area contributed by atoms with Crippen LogP contribution in [0.5, 0.6) is 5.75 Å². The number of aromatic nitrogens is 1. The molecule has 122 valence electrons. The van der Waals surface area contributed by atoms with E-state index in [1.54, 1.807) is 31.4 Å². The molecule has 0 N–H and O–H groups in total. The molecule has 1 heterocycles. The van der Waals surface area contributed by atoms with E-state index in [-0.39, 0.29) is 6.61 Å². The molecule has 0 aliphatic carbocycles. The molecular weight excluding hydrogens is 346 g/mol. The molecule has 0 aliphatic heterocycles. The van der Waals surface area contributed by atoms with Crippen LogP contribution in [0, 0.1) is 0 Å². The van der Waals surface area contributed by atoms with Crippen LogP contribution < -0.4 is 4.74 Å². The second kappa shape index (κ2) is 7.47. The van der Waals surface area contributed by atoms with Gasteiger partial charge in [0, 0.05) is 16.7 Å². The summed E-state index contributed by atoms with van der Waals surface area (Å²) in [5, 5.41) is 1.32. The molecule has 0 amide bonds. The van der Waals surface area contributed by atoms with Gasteiger partial charge in [-0.05, 0) is 36.4 Å². The van der Waals surface area contributed by atoms with Gasteiger partial charge in [0.2, 0.25) is 0 Å². The van der Waals surface area contributed by atoms with Gasteiger partial charge < -0.3 is 9.47 Å². The lowest BCUT2D eigenvalue weighted by atomic mass is 10.2. The number of hydrogen-bond donors (Lipinski definition) is 0. The van der Waals surface area contributed by atoms with Gasteiger partial charge >= 0.3 is 5.97 Å². The maximum atomic E-state index is 11.9. The Kier molecular flexibility index (Phi) is 5.13. The van der Waals surface area contributed by atoms with Crippen LogP contribution in [0.15, 0.2) is 48.5 Å². The first-order chi connectivity index (χ1) is 11.7. The Balaban J connectivity index is 1.64. The predicted molar refractivity (Wildman–Crippen MR) is 96.5 cm³/mol. The number of para-hydroxylation sites is 1. The molecule has 6 heteroatoms. The molecule has 4 nitrogen and oxygen atoms in total. The molecule has 0 unspecified atom stereocenters. The van der Waals surface area contributed by atoms with Gasteiger partial charge in [0.05, 0.1) is 17.3 Å². The zero-order chi connectivity index (χ0) is 16.9. The van der Waals surface area contributed by atoms with Gasteiger partial charge in [-0.25, -0.2) is 9.78 Å². The molecule has 3 rings (SSSR count). The van der Waals surface area contributed by atoms with E-state index >= 15 is 0 Å². The molecule has 0 saturated heterocycles. The van der Waals surface area contributed by atoms with Crippen LogP contribution in [0.2, 0.25) is 5.02 Å². The molecule has 1 aromatic heterocycles. The van der Waals surface area contributed by atoms with Gasteiger partial charge in [-0.1, -0.05) is 23.7 Å². The van der Waals surface area contributed by atoms with Crippen molar-refractivity contribution in [2.24, 2.45) is 0 Å². The Morgan fingerprint density at radius 2 is 2.12 bits per heavy atom. The van der Waals surface area contributed by atoms with Crippen molar-refractivity contribution in [1.82, 2.24) is 4.98 Å². The fourth-order valence-corrected chi connectivity index (χ4v) is 3.22. The highest BCUT2D eigenvalue weighted by Gasteiger charge is 2.07. The van der Waals surface area contributed by atoms with Crippen molar-refractivity contribution in [2.45, 2.75) is 6.61 Å². The number of halogens is 1. The maximum absolute atomic E-state index is 11.9. The van der Waals surface area contributed by atoms with E-state index in [0.717, 1.165) is 15.2 Å². The minimum absolute atomic E-state index is 0.0900. The largest absolute Gasteiger partial charge is 0.496 e. The minimum atomic E-state index is -0.448. The van der Waals surface area contributed by atoms with Crippen molar-refractivity contribution in [1.29, 1.82) is 0 Å². The van der Waals surface area contributed by atoms with E-state index in [9.17, 15) is 4.79 Å². The second-order valence-corrected chi connectivity index (χ2v) is 6.42. The van der Waals surface area contributed by atoms with Gasteiger partial charge in [0.25, 0.3) is 0 Å². The monoisotopic (exact) mass is 359 g/mol. The second-order valence-electron chi connectivity index (χ2n) is 4.92. The topological polar surface area (TPSA) is 48.4 Å². The summed E-state index contributed by atoms with van der Waals surface area (Å²) in [5.74, 6) is 0.179. The molecule has 0 radical (unpaired) electrons. The molecule has 2 aromatic carbocycles. The van der Waals surface area contributed by atoms with Crippen molar-refractivity contribution < 1.29 is 14.3 Å². The highest BCUT2D eigenvalue weighted by molar-refractivity contribution is 7.19. The summed E-state index contributed by atoms with van der Waals surface area (Å²) in [6.45, 7) is 0.0900.